The van der Waals surface area contributed by atoms with Gasteiger partial charge in [-0.3, -0.25) is 0 Å². The van der Waals surface area contributed by atoms with Crippen LogP contribution in [0.3, 0.4) is 0 Å². The summed E-state index contributed by atoms with van der Waals surface area (Å²) in [5.41, 5.74) is 3.50. The summed E-state index contributed by atoms with van der Waals surface area (Å²) in [4.78, 5) is 5.61. The van der Waals surface area contributed by atoms with Crippen LogP contribution < -0.4 is 0 Å². The second kappa shape index (κ2) is 4.28. The zero-order valence-corrected chi connectivity index (χ0v) is 10.3. The van der Waals surface area contributed by atoms with Crippen LogP contribution in [0.15, 0.2) is 29.4 Å². The number of hydrogen-bond acceptors (Lipinski definition) is 2. The van der Waals surface area contributed by atoms with Gasteiger partial charge < -0.3 is 4.84 Å². The summed E-state index contributed by atoms with van der Waals surface area (Å²) in [6.45, 7) is 6.35. The van der Waals surface area contributed by atoms with Crippen molar-refractivity contribution in [2.24, 2.45) is 5.16 Å². The Morgan fingerprint density at radius 1 is 1.38 bits per heavy atom. The quantitative estimate of drug-likeness (QED) is 0.757. The molecule has 0 bridgehead atoms. The fourth-order valence-corrected chi connectivity index (χ4v) is 2.40. The molecular formula is C14H19NO. The van der Waals surface area contributed by atoms with E-state index in [4.69, 9.17) is 4.84 Å². The van der Waals surface area contributed by atoms with Crippen molar-refractivity contribution in [2.45, 2.75) is 45.6 Å². The van der Waals surface area contributed by atoms with Crippen molar-refractivity contribution in [1.82, 2.24) is 0 Å². The molecule has 2 nitrogen and oxygen atoms in total. The van der Waals surface area contributed by atoms with Crippen LogP contribution in [0, 0.1) is 0 Å². The van der Waals surface area contributed by atoms with Crippen molar-refractivity contribution in [3.05, 3.63) is 35.4 Å². The van der Waals surface area contributed by atoms with E-state index in [9.17, 15) is 0 Å². The van der Waals surface area contributed by atoms with Gasteiger partial charge in [0.2, 0.25) is 0 Å². The minimum atomic E-state index is -0.254. The molecule has 0 spiro atoms. The molecule has 86 valence electrons. The maximum Gasteiger partial charge on any atom is 0.165 e. The van der Waals surface area contributed by atoms with E-state index in [1.54, 1.807) is 0 Å². The molecule has 1 aliphatic heterocycles. The van der Waals surface area contributed by atoms with E-state index in [1.807, 2.05) is 6.92 Å². The fraction of sp³-hybridized carbons (Fsp3) is 0.500. The maximum atomic E-state index is 5.61. The lowest BCUT2D eigenvalue weighted by Crippen LogP contribution is -2.23. The van der Waals surface area contributed by atoms with Crippen molar-refractivity contribution >= 4 is 5.71 Å². The lowest BCUT2D eigenvalue weighted by molar-refractivity contribution is -0.00804. The standard InChI is InChI=1S/C14H19NO/c1-4-7-12-8-5-6-9-13(12)14(3)10-11(2)15-16-14/h5-6,8-9H,4,7,10H2,1-3H3/t14-/m1/s1. The SMILES string of the molecule is CCCc1ccccc1[C@@]1(C)CC(C)=NO1. The highest BCUT2D eigenvalue weighted by atomic mass is 16.7. The lowest BCUT2D eigenvalue weighted by atomic mass is 9.86. The van der Waals surface area contributed by atoms with Gasteiger partial charge in [-0.25, -0.2) is 0 Å². The van der Waals surface area contributed by atoms with Gasteiger partial charge >= 0.3 is 0 Å². The van der Waals surface area contributed by atoms with E-state index in [0.29, 0.717) is 0 Å². The average Bonchev–Trinajstić information content (AvgIpc) is 2.61. The molecule has 0 aliphatic carbocycles. The van der Waals surface area contributed by atoms with Gasteiger partial charge in [0.05, 0.1) is 5.71 Å². The first-order valence-electron chi connectivity index (χ1n) is 5.96. The summed E-state index contributed by atoms with van der Waals surface area (Å²) in [6.07, 6.45) is 3.16. The Morgan fingerprint density at radius 3 is 2.75 bits per heavy atom. The van der Waals surface area contributed by atoms with Crippen LogP contribution in [-0.4, -0.2) is 5.71 Å². The molecule has 0 amide bonds. The fourth-order valence-electron chi connectivity index (χ4n) is 2.40. The number of hydrogen-bond donors (Lipinski definition) is 0. The monoisotopic (exact) mass is 217 g/mol. The van der Waals surface area contributed by atoms with Gasteiger partial charge in [0.15, 0.2) is 5.60 Å². The summed E-state index contributed by atoms with van der Waals surface area (Å²) in [5.74, 6) is 0. The number of nitrogens with zero attached hydrogens (tertiary/aromatic N) is 1. The van der Waals surface area contributed by atoms with Crippen LogP contribution in [-0.2, 0) is 16.9 Å². The predicted molar refractivity (Wildman–Crippen MR) is 66.6 cm³/mol. The Labute approximate surface area is 97.3 Å². The van der Waals surface area contributed by atoms with Crippen molar-refractivity contribution in [1.29, 1.82) is 0 Å². The van der Waals surface area contributed by atoms with Gasteiger partial charge in [0.25, 0.3) is 0 Å². The summed E-state index contributed by atoms with van der Waals surface area (Å²) in [5, 5.41) is 4.08. The summed E-state index contributed by atoms with van der Waals surface area (Å²) in [6, 6.07) is 8.54. The van der Waals surface area contributed by atoms with E-state index in [0.717, 1.165) is 25.0 Å². The normalized spacial score (nSPS) is 24.1. The maximum absolute atomic E-state index is 5.61. The molecule has 0 fully saturated rings. The van der Waals surface area contributed by atoms with Gasteiger partial charge in [0.1, 0.15) is 0 Å². The molecule has 0 saturated heterocycles. The third kappa shape index (κ3) is 1.97. The topological polar surface area (TPSA) is 21.6 Å². The first kappa shape index (κ1) is 11.2. The molecule has 1 aliphatic rings. The van der Waals surface area contributed by atoms with E-state index >= 15 is 0 Å². The molecule has 16 heavy (non-hydrogen) atoms. The van der Waals surface area contributed by atoms with Crippen LogP contribution in [0.25, 0.3) is 0 Å². The number of aryl methyl sites for hydroxylation is 1. The largest absolute Gasteiger partial charge is 0.384 e. The molecule has 0 radical (unpaired) electrons. The lowest BCUT2D eigenvalue weighted by Gasteiger charge is -2.24. The molecule has 0 unspecified atom stereocenters. The second-order valence-corrected chi connectivity index (χ2v) is 4.73. The first-order valence-corrected chi connectivity index (χ1v) is 5.96. The number of rotatable bonds is 3. The van der Waals surface area contributed by atoms with E-state index in [2.05, 4.69) is 43.3 Å². The van der Waals surface area contributed by atoms with E-state index in [1.165, 1.54) is 11.1 Å². The van der Waals surface area contributed by atoms with Crippen molar-refractivity contribution in [3.8, 4) is 0 Å². The Hall–Kier alpha value is -1.31. The molecule has 1 heterocycles. The third-order valence-corrected chi connectivity index (χ3v) is 3.10. The van der Waals surface area contributed by atoms with Gasteiger partial charge in [-0.2, -0.15) is 0 Å². The third-order valence-electron chi connectivity index (χ3n) is 3.10. The number of oxime groups is 1. The zero-order chi connectivity index (χ0) is 11.6. The van der Waals surface area contributed by atoms with Crippen molar-refractivity contribution in [3.63, 3.8) is 0 Å². The predicted octanol–water partition coefficient (Wildman–Crippen LogP) is 3.65. The molecule has 2 heteroatoms. The van der Waals surface area contributed by atoms with Crippen LogP contribution in [0.5, 0.6) is 0 Å². The highest BCUT2D eigenvalue weighted by Crippen LogP contribution is 2.36. The summed E-state index contributed by atoms with van der Waals surface area (Å²) in [7, 11) is 0. The summed E-state index contributed by atoms with van der Waals surface area (Å²) >= 11 is 0. The molecule has 2 rings (SSSR count). The Kier molecular flexibility index (Phi) is 2.99. The molecule has 1 aromatic carbocycles. The molecule has 0 N–H and O–H groups in total. The Balaban J connectivity index is 2.33. The second-order valence-electron chi connectivity index (χ2n) is 4.73. The van der Waals surface area contributed by atoms with Crippen LogP contribution in [0.1, 0.15) is 44.7 Å². The molecular weight excluding hydrogens is 198 g/mol. The van der Waals surface area contributed by atoms with Crippen molar-refractivity contribution < 1.29 is 4.84 Å². The zero-order valence-electron chi connectivity index (χ0n) is 10.3. The smallest absolute Gasteiger partial charge is 0.165 e. The molecule has 1 atom stereocenters. The minimum absolute atomic E-state index is 0.254. The average molecular weight is 217 g/mol. The Morgan fingerprint density at radius 2 is 2.12 bits per heavy atom. The van der Waals surface area contributed by atoms with Gasteiger partial charge in [-0.05, 0) is 25.8 Å². The van der Waals surface area contributed by atoms with Gasteiger partial charge in [-0.15, -0.1) is 0 Å². The van der Waals surface area contributed by atoms with Crippen molar-refractivity contribution in [2.75, 3.05) is 0 Å². The molecule has 0 saturated carbocycles. The number of benzene rings is 1. The van der Waals surface area contributed by atoms with Gasteiger partial charge in [-0.1, -0.05) is 42.8 Å². The van der Waals surface area contributed by atoms with E-state index < -0.39 is 0 Å². The molecule has 0 aromatic heterocycles. The first-order chi connectivity index (χ1) is 7.65. The van der Waals surface area contributed by atoms with Gasteiger partial charge in [0, 0.05) is 12.0 Å². The summed E-state index contributed by atoms with van der Waals surface area (Å²) < 4.78 is 0. The minimum Gasteiger partial charge on any atom is -0.384 e. The molecule has 1 aromatic rings. The van der Waals surface area contributed by atoms with Crippen LogP contribution in [0.4, 0.5) is 0 Å². The highest BCUT2D eigenvalue weighted by Gasteiger charge is 2.35. The van der Waals surface area contributed by atoms with Crippen LogP contribution in [0.2, 0.25) is 0 Å². The highest BCUT2D eigenvalue weighted by molar-refractivity contribution is 5.83. The Bertz CT molecular complexity index is 411. The van der Waals surface area contributed by atoms with Crippen LogP contribution >= 0.6 is 0 Å². The van der Waals surface area contributed by atoms with E-state index in [-0.39, 0.29) is 5.60 Å².